The molecule has 3 atom stereocenters. The molecule has 394 valence electrons. The molecule has 5 aromatic rings. The van der Waals surface area contributed by atoms with E-state index in [1.165, 1.54) is 34.7 Å². The molecule has 2 saturated heterocycles. The number of fused-ring (bicyclic) bond motifs is 1. The van der Waals surface area contributed by atoms with Crippen LogP contribution in [0.5, 0.6) is 0 Å². The van der Waals surface area contributed by atoms with Gasteiger partial charge in [0.1, 0.15) is 30.8 Å². The summed E-state index contributed by atoms with van der Waals surface area (Å²) in [4.78, 5) is 101. The molecule has 23 nitrogen and oxygen atoms in total. The number of nitrogens with one attached hydrogen (secondary N) is 5. The molecule has 1 unspecified atom stereocenters. The lowest BCUT2D eigenvalue weighted by molar-refractivity contribution is -0.142. The standard InChI is InChI=1S/C50H53F2N11O12/c51-44(52)43-35(57-45(67)36-26-75-48(58-36)30-12-13-54-39(20-30)55-22-28-4-5-28)25-62(60-43)31-8-6-29(7-9-31)23-56-46(68)38-21-32(64)24-61(38)41(66)27-74-19-18-73-17-16-72-15-14-53-34-3-1-2-33-42(34)50(71)63(49(33)70)37-10-11-40(65)59-47(37)69/h1-3,6-9,12-13,20,25-26,28,32,37-38,44,53,64H,4-5,10-11,14-19,21-24,27H2,(H,54,55)(H,56,68)(H,57,67)(H,59,65,69)/t32-,37?,38+/m1/s1. The third-order valence-electron chi connectivity index (χ3n) is 12.8. The molecular formula is C50H53F2N11O12. The first-order valence-electron chi connectivity index (χ1n) is 24.3. The van der Waals surface area contributed by atoms with Crippen molar-refractivity contribution in [2.24, 2.45) is 5.92 Å². The number of amides is 7. The Morgan fingerprint density at radius 3 is 2.44 bits per heavy atom. The summed E-state index contributed by atoms with van der Waals surface area (Å²) in [7, 11) is 0. The van der Waals surface area contributed by atoms with E-state index < -0.39 is 71.7 Å². The molecule has 0 radical (unpaired) electrons. The van der Waals surface area contributed by atoms with Gasteiger partial charge in [0.15, 0.2) is 11.4 Å². The number of benzene rings is 2. The summed E-state index contributed by atoms with van der Waals surface area (Å²) >= 11 is 0. The van der Waals surface area contributed by atoms with Crippen LogP contribution in [0.2, 0.25) is 0 Å². The van der Waals surface area contributed by atoms with Crippen LogP contribution in [0.25, 0.3) is 17.1 Å². The van der Waals surface area contributed by atoms with Crippen molar-refractivity contribution >= 4 is 58.5 Å². The molecule has 3 aromatic heterocycles. The largest absolute Gasteiger partial charge is 0.444 e. The minimum Gasteiger partial charge on any atom is -0.444 e. The van der Waals surface area contributed by atoms with E-state index >= 15 is 0 Å². The van der Waals surface area contributed by atoms with Crippen LogP contribution in [0.1, 0.15) is 81.0 Å². The van der Waals surface area contributed by atoms with Crippen molar-refractivity contribution in [2.75, 3.05) is 75.2 Å². The molecule has 6 N–H and O–H groups in total. The summed E-state index contributed by atoms with van der Waals surface area (Å²) < 4.78 is 51.6. The highest BCUT2D eigenvalue weighted by Crippen LogP contribution is 2.33. The maximum Gasteiger partial charge on any atom is 0.284 e. The average molecular weight is 1040 g/mol. The molecule has 75 heavy (non-hydrogen) atoms. The second-order valence-electron chi connectivity index (χ2n) is 18.1. The summed E-state index contributed by atoms with van der Waals surface area (Å²) in [5, 5.41) is 28.2. The van der Waals surface area contributed by atoms with Gasteiger partial charge in [0.2, 0.25) is 29.5 Å². The van der Waals surface area contributed by atoms with Crippen molar-refractivity contribution in [3.8, 4) is 17.1 Å². The van der Waals surface area contributed by atoms with Gasteiger partial charge in [-0.3, -0.25) is 43.8 Å². The van der Waals surface area contributed by atoms with Crippen LogP contribution >= 0.6 is 0 Å². The highest BCUT2D eigenvalue weighted by Gasteiger charge is 2.46. The van der Waals surface area contributed by atoms with E-state index in [1.807, 2.05) is 0 Å². The number of hydrogen-bond donors (Lipinski definition) is 6. The van der Waals surface area contributed by atoms with E-state index in [-0.39, 0.29) is 107 Å². The Balaban J connectivity index is 0.666. The van der Waals surface area contributed by atoms with Gasteiger partial charge in [0, 0.05) is 56.5 Å². The predicted octanol–water partition coefficient (Wildman–Crippen LogP) is 3.08. The lowest BCUT2D eigenvalue weighted by Crippen LogP contribution is -2.54. The average Bonchev–Trinajstić information content (AvgIpc) is 3.65. The number of aliphatic hydroxyl groups is 1. The van der Waals surface area contributed by atoms with Crippen molar-refractivity contribution in [2.45, 2.75) is 63.3 Å². The number of likely N-dealkylation sites (tertiary alicyclic amines) is 1. The Kier molecular flexibility index (Phi) is 16.2. The number of imide groups is 2. The zero-order valence-electron chi connectivity index (χ0n) is 40.3. The molecule has 25 heteroatoms. The molecule has 6 heterocycles. The summed E-state index contributed by atoms with van der Waals surface area (Å²) in [6, 6.07) is 12.7. The summed E-state index contributed by atoms with van der Waals surface area (Å²) in [6.45, 7) is 1.57. The minimum absolute atomic E-state index is 0.0201. The number of halogens is 2. The van der Waals surface area contributed by atoms with Crippen LogP contribution in [0.4, 0.5) is 26.0 Å². The number of aliphatic hydroxyl groups excluding tert-OH is 1. The summed E-state index contributed by atoms with van der Waals surface area (Å²) in [5.74, 6) is -2.71. The normalized spacial score (nSPS) is 18.4. The summed E-state index contributed by atoms with van der Waals surface area (Å²) in [5.41, 5.74) is 1.29. The zero-order valence-corrected chi connectivity index (χ0v) is 40.3. The van der Waals surface area contributed by atoms with Crippen LogP contribution < -0.4 is 26.6 Å². The van der Waals surface area contributed by atoms with Crippen LogP contribution in [0, 0.1) is 5.92 Å². The maximum absolute atomic E-state index is 14.1. The molecule has 0 bridgehead atoms. The zero-order chi connectivity index (χ0) is 52.6. The van der Waals surface area contributed by atoms with Gasteiger partial charge >= 0.3 is 0 Å². The molecule has 4 aliphatic rings. The maximum atomic E-state index is 14.1. The molecule has 3 aliphatic heterocycles. The topological polar surface area (TPSA) is 291 Å². The van der Waals surface area contributed by atoms with E-state index in [0.29, 0.717) is 34.2 Å². The molecule has 1 saturated carbocycles. The molecule has 7 amide bonds. The molecular weight excluding hydrogens is 985 g/mol. The number of alkyl halides is 2. The number of pyridine rings is 1. The Morgan fingerprint density at radius 1 is 0.907 bits per heavy atom. The van der Waals surface area contributed by atoms with Gasteiger partial charge < -0.3 is 49.9 Å². The van der Waals surface area contributed by atoms with E-state index in [0.717, 1.165) is 17.7 Å². The second-order valence-corrected chi connectivity index (χ2v) is 18.1. The predicted molar refractivity (Wildman–Crippen MR) is 259 cm³/mol. The number of anilines is 3. The third kappa shape index (κ3) is 12.5. The number of carbonyl (C=O) groups excluding carboxylic acids is 7. The molecule has 2 aromatic carbocycles. The minimum atomic E-state index is -3.02. The highest BCUT2D eigenvalue weighted by molar-refractivity contribution is 6.25. The molecule has 9 rings (SSSR count). The quantitative estimate of drug-likeness (QED) is 0.0382. The van der Waals surface area contributed by atoms with Crippen molar-refractivity contribution in [1.29, 1.82) is 0 Å². The fraction of sp³-hybridized carbons (Fsp3) is 0.400. The van der Waals surface area contributed by atoms with Gasteiger partial charge in [-0.2, -0.15) is 5.10 Å². The Morgan fingerprint density at radius 2 is 1.68 bits per heavy atom. The van der Waals surface area contributed by atoms with E-state index in [1.54, 1.807) is 54.7 Å². The fourth-order valence-electron chi connectivity index (χ4n) is 8.72. The lowest BCUT2D eigenvalue weighted by atomic mass is 10.0. The highest BCUT2D eigenvalue weighted by atomic mass is 19.3. The Labute approximate surface area is 426 Å². The first kappa shape index (κ1) is 51.9. The van der Waals surface area contributed by atoms with Gasteiger partial charge in [-0.1, -0.05) is 18.2 Å². The van der Waals surface area contributed by atoms with E-state index in [2.05, 4.69) is 41.7 Å². The number of aromatic nitrogens is 4. The first-order chi connectivity index (χ1) is 36.3. The fourth-order valence-corrected chi connectivity index (χ4v) is 8.72. The number of hydrogen-bond acceptors (Lipinski definition) is 17. The summed E-state index contributed by atoms with van der Waals surface area (Å²) in [6.07, 6.45) is 2.48. The van der Waals surface area contributed by atoms with Crippen molar-refractivity contribution in [1.82, 2.24) is 40.2 Å². The van der Waals surface area contributed by atoms with Gasteiger partial charge in [-0.05, 0) is 67.1 Å². The van der Waals surface area contributed by atoms with E-state index in [4.69, 9.17) is 18.6 Å². The number of oxazole rings is 1. The van der Waals surface area contributed by atoms with Gasteiger partial charge in [0.25, 0.3) is 24.1 Å². The SMILES string of the molecule is O=C1CCC(N2C(=O)c3cccc(NCCOCCOCCOCC(=O)N4C[C@H](O)C[C@H]4C(=O)NCc4ccc(-n5cc(NC(=O)c6coc(-c7ccnc(NCC8CC8)c7)n6)c(C(F)F)n5)cc4)c3C2=O)C(=O)N1. The van der Waals surface area contributed by atoms with Gasteiger partial charge in [-0.15, -0.1) is 0 Å². The van der Waals surface area contributed by atoms with Crippen LogP contribution in [-0.4, -0.2) is 153 Å². The molecule has 3 fully saturated rings. The van der Waals surface area contributed by atoms with Crippen LogP contribution in [0.15, 0.2) is 77.7 Å². The molecule has 0 spiro atoms. The molecule has 1 aliphatic carbocycles. The Bertz CT molecular complexity index is 2950. The third-order valence-corrected chi connectivity index (χ3v) is 12.8. The first-order valence-corrected chi connectivity index (χ1v) is 24.3. The van der Waals surface area contributed by atoms with Gasteiger partial charge in [-0.25, -0.2) is 23.4 Å². The number of carbonyl (C=O) groups is 7. The van der Waals surface area contributed by atoms with Gasteiger partial charge in [0.05, 0.1) is 67.8 Å². The van der Waals surface area contributed by atoms with Crippen LogP contribution in [-0.2, 0) is 39.9 Å². The van der Waals surface area contributed by atoms with Crippen molar-refractivity contribution in [3.63, 3.8) is 0 Å². The number of ether oxygens (including phenoxy) is 3. The van der Waals surface area contributed by atoms with Crippen LogP contribution in [0.3, 0.4) is 0 Å². The lowest BCUT2D eigenvalue weighted by Gasteiger charge is -2.27. The number of rotatable bonds is 24. The van der Waals surface area contributed by atoms with Crippen molar-refractivity contribution < 1.29 is 66.1 Å². The number of piperidine rings is 1. The van der Waals surface area contributed by atoms with Crippen molar-refractivity contribution in [3.05, 3.63) is 101 Å². The monoisotopic (exact) mass is 1040 g/mol. The number of β-amino-alcohol motifs (C(OH)–C–C–N with tert-alkyl or cyclic N) is 1. The van der Waals surface area contributed by atoms with E-state index in [9.17, 15) is 47.4 Å². The Hall–Kier alpha value is -8.00. The second kappa shape index (κ2) is 23.5. The smallest absolute Gasteiger partial charge is 0.284 e. The number of nitrogens with zero attached hydrogens (tertiary/aromatic N) is 6.